The second-order valence-electron chi connectivity index (χ2n) is 6.98. The average Bonchev–Trinajstić information content (AvgIpc) is 2.80. The fourth-order valence-electron chi connectivity index (χ4n) is 3.53. The Morgan fingerprint density at radius 1 is 1.03 bits per heavy atom. The van der Waals surface area contributed by atoms with E-state index < -0.39 is 5.91 Å². The van der Waals surface area contributed by atoms with Gasteiger partial charge in [0, 0.05) is 18.3 Å². The summed E-state index contributed by atoms with van der Waals surface area (Å²) in [6.07, 6.45) is 4.91. The predicted octanol–water partition coefficient (Wildman–Crippen LogP) is 2.33. The smallest absolute Gasteiger partial charge is 0.262 e. The Kier molecular flexibility index (Phi) is 7.37. The highest BCUT2D eigenvalue weighted by Gasteiger charge is 2.18. The first-order valence-corrected chi connectivity index (χ1v) is 9.95. The van der Waals surface area contributed by atoms with Crippen molar-refractivity contribution in [3.63, 3.8) is 0 Å². The minimum atomic E-state index is -0.457. The molecular formula is C23H27N3O5. The number of carbonyl (C=O) groups is 2. The summed E-state index contributed by atoms with van der Waals surface area (Å²) in [5, 5.41) is 0. The maximum Gasteiger partial charge on any atom is 0.262 e. The van der Waals surface area contributed by atoms with Crippen molar-refractivity contribution >= 4 is 23.6 Å². The number of amides is 2. The second kappa shape index (κ2) is 10.4. The van der Waals surface area contributed by atoms with Crippen LogP contribution in [0.2, 0.25) is 0 Å². The summed E-state index contributed by atoms with van der Waals surface area (Å²) in [6, 6.07) is 11.5. The SMILES string of the molecule is COc1cc(/C=C/C(=O)NNC(=O)CN2CCCc3ccccc32)cc(OC)c1OC. The largest absolute Gasteiger partial charge is 0.493 e. The molecule has 2 aromatic rings. The summed E-state index contributed by atoms with van der Waals surface area (Å²) in [5.74, 6) is 0.694. The number of hydrogen-bond acceptors (Lipinski definition) is 6. The quantitative estimate of drug-likeness (QED) is 0.523. The molecule has 2 aromatic carbocycles. The van der Waals surface area contributed by atoms with Crippen molar-refractivity contribution in [2.24, 2.45) is 0 Å². The van der Waals surface area contributed by atoms with Crippen molar-refractivity contribution in [1.29, 1.82) is 0 Å². The molecule has 0 unspecified atom stereocenters. The van der Waals surface area contributed by atoms with Crippen LogP contribution in [0.15, 0.2) is 42.5 Å². The van der Waals surface area contributed by atoms with Gasteiger partial charge in [0.2, 0.25) is 5.75 Å². The highest BCUT2D eigenvalue weighted by molar-refractivity contribution is 5.93. The molecule has 8 heteroatoms. The van der Waals surface area contributed by atoms with E-state index in [-0.39, 0.29) is 12.5 Å². The van der Waals surface area contributed by atoms with Crippen molar-refractivity contribution in [2.75, 3.05) is 39.3 Å². The van der Waals surface area contributed by atoms with E-state index >= 15 is 0 Å². The molecule has 0 bridgehead atoms. The molecule has 1 heterocycles. The summed E-state index contributed by atoms with van der Waals surface area (Å²) >= 11 is 0. The number of benzene rings is 2. The van der Waals surface area contributed by atoms with Gasteiger partial charge in [0.05, 0.1) is 27.9 Å². The molecule has 0 radical (unpaired) electrons. The molecule has 1 aliphatic heterocycles. The number of hydrogen-bond donors (Lipinski definition) is 2. The van der Waals surface area contributed by atoms with Crippen LogP contribution in [0.25, 0.3) is 6.08 Å². The molecule has 0 aliphatic carbocycles. The van der Waals surface area contributed by atoms with Gasteiger partial charge in [0.15, 0.2) is 11.5 Å². The summed E-state index contributed by atoms with van der Waals surface area (Å²) < 4.78 is 15.9. The number of carbonyl (C=O) groups excluding carboxylic acids is 2. The van der Waals surface area contributed by atoms with E-state index in [4.69, 9.17) is 14.2 Å². The van der Waals surface area contributed by atoms with Gasteiger partial charge < -0.3 is 19.1 Å². The Balaban J connectivity index is 1.56. The highest BCUT2D eigenvalue weighted by Crippen LogP contribution is 2.38. The summed E-state index contributed by atoms with van der Waals surface area (Å²) in [5.41, 5.74) is 7.85. The number of methoxy groups -OCH3 is 3. The summed E-state index contributed by atoms with van der Waals surface area (Å²) in [4.78, 5) is 26.4. The van der Waals surface area contributed by atoms with Crippen LogP contribution in [0.5, 0.6) is 17.2 Å². The van der Waals surface area contributed by atoms with Crippen LogP contribution >= 0.6 is 0 Å². The van der Waals surface area contributed by atoms with E-state index in [2.05, 4.69) is 16.9 Å². The molecular weight excluding hydrogens is 398 g/mol. The molecule has 164 valence electrons. The van der Waals surface area contributed by atoms with Crippen molar-refractivity contribution < 1.29 is 23.8 Å². The normalized spacial score (nSPS) is 12.8. The second-order valence-corrected chi connectivity index (χ2v) is 6.98. The molecule has 3 rings (SSSR count). The minimum Gasteiger partial charge on any atom is -0.493 e. The minimum absolute atomic E-state index is 0.174. The maximum absolute atomic E-state index is 12.3. The number of nitrogens with zero attached hydrogens (tertiary/aromatic N) is 1. The zero-order valence-electron chi connectivity index (χ0n) is 17.9. The van der Waals surface area contributed by atoms with E-state index in [0.717, 1.165) is 25.1 Å². The Morgan fingerprint density at radius 2 is 1.74 bits per heavy atom. The van der Waals surface area contributed by atoms with E-state index in [0.29, 0.717) is 22.8 Å². The van der Waals surface area contributed by atoms with E-state index in [1.165, 1.54) is 33.0 Å². The molecule has 0 atom stereocenters. The molecule has 2 N–H and O–H groups in total. The lowest BCUT2D eigenvalue weighted by Crippen LogP contribution is -2.47. The van der Waals surface area contributed by atoms with E-state index in [9.17, 15) is 9.59 Å². The van der Waals surface area contributed by atoms with Gasteiger partial charge in [-0.1, -0.05) is 18.2 Å². The lowest BCUT2D eigenvalue weighted by atomic mass is 10.0. The highest BCUT2D eigenvalue weighted by atomic mass is 16.5. The Labute approximate surface area is 181 Å². The number of rotatable bonds is 7. The molecule has 8 nitrogen and oxygen atoms in total. The number of ether oxygens (including phenoxy) is 3. The predicted molar refractivity (Wildman–Crippen MR) is 118 cm³/mol. The topological polar surface area (TPSA) is 89.1 Å². The molecule has 0 saturated heterocycles. The van der Waals surface area contributed by atoms with Crippen molar-refractivity contribution in [2.45, 2.75) is 12.8 Å². The first kappa shape index (κ1) is 22.0. The lowest BCUT2D eigenvalue weighted by Gasteiger charge is -2.30. The maximum atomic E-state index is 12.3. The number of nitrogens with one attached hydrogen (secondary N) is 2. The van der Waals surface area contributed by atoms with Gasteiger partial charge in [-0.2, -0.15) is 0 Å². The van der Waals surface area contributed by atoms with Gasteiger partial charge in [-0.05, 0) is 48.2 Å². The van der Waals surface area contributed by atoms with Crippen molar-refractivity contribution in [3.8, 4) is 17.2 Å². The monoisotopic (exact) mass is 425 g/mol. The molecule has 2 amide bonds. The fourth-order valence-corrected chi connectivity index (χ4v) is 3.53. The Bertz CT molecular complexity index is 948. The lowest BCUT2D eigenvalue weighted by molar-refractivity contribution is -0.125. The molecule has 0 spiro atoms. The van der Waals surface area contributed by atoms with Gasteiger partial charge in [-0.3, -0.25) is 20.4 Å². The van der Waals surface area contributed by atoms with Gasteiger partial charge in [0.25, 0.3) is 11.8 Å². The van der Waals surface area contributed by atoms with Crippen LogP contribution in [0.4, 0.5) is 5.69 Å². The zero-order valence-corrected chi connectivity index (χ0v) is 17.9. The summed E-state index contributed by atoms with van der Waals surface area (Å²) in [6.45, 7) is 0.979. The van der Waals surface area contributed by atoms with E-state index in [1.807, 2.05) is 23.1 Å². The van der Waals surface area contributed by atoms with Gasteiger partial charge in [-0.15, -0.1) is 0 Å². The third-order valence-corrected chi connectivity index (χ3v) is 4.98. The first-order chi connectivity index (χ1) is 15.0. The first-order valence-electron chi connectivity index (χ1n) is 9.95. The molecule has 0 saturated carbocycles. The molecule has 0 fully saturated rings. The third-order valence-electron chi connectivity index (χ3n) is 4.98. The zero-order chi connectivity index (χ0) is 22.2. The van der Waals surface area contributed by atoms with Crippen LogP contribution in [0.1, 0.15) is 17.5 Å². The number of aryl methyl sites for hydroxylation is 1. The Morgan fingerprint density at radius 3 is 2.42 bits per heavy atom. The van der Waals surface area contributed by atoms with Crippen LogP contribution in [0, 0.1) is 0 Å². The van der Waals surface area contributed by atoms with E-state index in [1.54, 1.807) is 18.2 Å². The number of fused-ring (bicyclic) bond motifs is 1. The average molecular weight is 425 g/mol. The summed E-state index contributed by atoms with van der Waals surface area (Å²) in [7, 11) is 4.57. The van der Waals surface area contributed by atoms with Crippen LogP contribution in [-0.2, 0) is 16.0 Å². The molecule has 1 aliphatic rings. The number of para-hydroxylation sites is 1. The standard InChI is InChI=1S/C23H27N3O5/c1-29-19-13-16(14-20(30-2)23(19)31-3)10-11-21(27)24-25-22(28)15-26-12-6-8-17-7-4-5-9-18(17)26/h4-5,7,9-11,13-14H,6,8,12,15H2,1-3H3,(H,24,27)(H,25,28)/b11-10+. The van der Waals surface area contributed by atoms with Gasteiger partial charge in [-0.25, -0.2) is 0 Å². The number of anilines is 1. The van der Waals surface area contributed by atoms with Crippen molar-refractivity contribution in [3.05, 3.63) is 53.6 Å². The van der Waals surface area contributed by atoms with Gasteiger partial charge >= 0.3 is 0 Å². The molecule has 0 aromatic heterocycles. The van der Waals surface area contributed by atoms with Crippen LogP contribution < -0.4 is 30.0 Å². The van der Waals surface area contributed by atoms with Crippen LogP contribution in [0.3, 0.4) is 0 Å². The van der Waals surface area contributed by atoms with Crippen molar-refractivity contribution in [1.82, 2.24) is 10.9 Å². The van der Waals surface area contributed by atoms with Crippen LogP contribution in [-0.4, -0.2) is 46.2 Å². The third kappa shape index (κ3) is 5.48. The van der Waals surface area contributed by atoms with Gasteiger partial charge in [0.1, 0.15) is 0 Å². The Hall–Kier alpha value is -3.68. The number of hydrazine groups is 1. The fraction of sp³-hybridized carbons (Fsp3) is 0.304. The molecule has 31 heavy (non-hydrogen) atoms.